The Labute approximate surface area is 202 Å². The Morgan fingerprint density at radius 1 is 1.23 bits per heavy atom. The molecule has 0 bridgehead atoms. The van der Waals surface area contributed by atoms with Gasteiger partial charge in [0.2, 0.25) is 0 Å². The zero-order valence-electron chi connectivity index (χ0n) is 18.3. The molecule has 2 N–H and O–H groups in total. The molecule has 1 fully saturated rings. The van der Waals surface area contributed by atoms with E-state index in [1.165, 1.54) is 11.1 Å². The number of nitrogens with zero attached hydrogens (tertiary/aromatic N) is 2. The molecular weight excluding hydrogens is 507 g/mol. The van der Waals surface area contributed by atoms with Crippen molar-refractivity contribution in [1.82, 2.24) is 15.5 Å². The van der Waals surface area contributed by atoms with E-state index in [1.807, 2.05) is 19.2 Å². The third-order valence-corrected chi connectivity index (χ3v) is 6.42. The summed E-state index contributed by atoms with van der Waals surface area (Å²) >= 11 is 1.78. The first-order valence-electron chi connectivity index (χ1n) is 10.5. The number of hydrogen-bond donors (Lipinski definition) is 2. The number of aliphatic imine (C=N–C) groups is 1. The molecule has 0 spiro atoms. The molecule has 0 saturated carbocycles. The van der Waals surface area contributed by atoms with Gasteiger partial charge in [0, 0.05) is 39.3 Å². The van der Waals surface area contributed by atoms with Crippen molar-refractivity contribution in [3.8, 4) is 5.75 Å². The maximum Gasteiger partial charge on any atom is 0.191 e. The summed E-state index contributed by atoms with van der Waals surface area (Å²) in [6.45, 7) is 6.53. The van der Waals surface area contributed by atoms with Crippen LogP contribution in [-0.2, 0) is 6.54 Å². The summed E-state index contributed by atoms with van der Waals surface area (Å²) in [5.74, 6) is 2.32. The highest BCUT2D eigenvalue weighted by Crippen LogP contribution is 2.21. The lowest BCUT2D eigenvalue weighted by Crippen LogP contribution is -2.48. The molecule has 0 radical (unpaired) electrons. The molecule has 0 amide bonds. The Kier molecular flexibility index (Phi) is 11.0. The number of halogens is 1. The van der Waals surface area contributed by atoms with Gasteiger partial charge < -0.3 is 15.4 Å². The molecule has 166 valence electrons. The second-order valence-corrected chi connectivity index (χ2v) is 8.57. The number of thiophene rings is 1. The Balaban J connectivity index is 0.00000320. The van der Waals surface area contributed by atoms with E-state index in [-0.39, 0.29) is 24.0 Å². The van der Waals surface area contributed by atoms with Gasteiger partial charge in [0.1, 0.15) is 5.75 Å². The van der Waals surface area contributed by atoms with Crippen LogP contribution in [0, 0.1) is 0 Å². The molecular formula is C23H35IN4OS. The van der Waals surface area contributed by atoms with E-state index in [4.69, 9.17) is 4.74 Å². The zero-order valence-corrected chi connectivity index (χ0v) is 21.4. The van der Waals surface area contributed by atoms with Crippen molar-refractivity contribution in [1.29, 1.82) is 0 Å². The molecule has 1 saturated heterocycles. The van der Waals surface area contributed by atoms with Crippen LogP contribution < -0.4 is 15.4 Å². The van der Waals surface area contributed by atoms with Crippen molar-refractivity contribution in [2.45, 2.75) is 44.7 Å². The first-order chi connectivity index (χ1) is 14.2. The molecule has 30 heavy (non-hydrogen) atoms. The molecule has 1 atom stereocenters. The highest BCUT2D eigenvalue weighted by Gasteiger charge is 2.20. The van der Waals surface area contributed by atoms with Crippen LogP contribution in [0.25, 0.3) is 0 Å². The fraction of sp³-hybridized carbons (Fsp3) is 0.522. The smallest absolute Gasteiger partial charge is 0.191 e. The number of likely N-dealkylation sites (tertiary alicyclic amines) is 1. The molecule has 1 aliphatic rings. The van der Waals surface area contributed by atoms with Gasteiger partial charge in [0.15, 0.2) is 5.96 Å². The lowest BCUT2D eigenvalue weighted by molar-refractivity contribution is 0.198. The van der Waals surface area contributed by atoms with Crippen molar-refractivity contribution >= 4 is 41.3 Å². The normalized spacial score (nSPS) is 16.6. The summed E-state index contributed by atoms with van der Waals surface area (Å²) in [7, 11) is 3.56. The number of benzene rings is 1. The van der Waals surface area contributed by atoms with Crippen LogP contribution in [-0.4, -0.2) is 50.7 Å². The fourth-order valence-corrected chi connectivity index (χ4v) is 4.43. The molecule has 2 heterocycles. The van der Waals surface area contributed by atoms with Crippen LogP contribution in [0.15, 0.2) is 46.1 Å². The van der Waals surface area contributed by atoms with Gasteiger partial charge in [0.25, 0.3) is 0 Å². The molecule has 2 aromatic rings. The summed E-state index contributed by atoms with van der Waals surface area (Å²) < 4.78 is 5.24. The van der Waals surface area contributed by atoms with Crippen molar-refractivity contribution in [2.24, 2.45) is 4.99 Å². The third kappa shape index (κ3) is 7.74. The summed E-state index contributed by atoms with van der Waals surface area (Å²) in [6.07, 6.45) is 3.38. The lowest BCUT2D eigenvalue weighted by atomic mass is 9.98. The minimum absolute atomic E-state index is 0. The Bertz CT molecular complexity index is 743. The maximum atomic E-state index is 5.24. The number of piperidine rings is 1. The average Bonchev–Trinajstić information content (AvgIpc) is 3.27. The van der Waals surface area contributed by atoms with Crippen LogP contribution in [0.3, 0.4) is 0 Å². The number of nitrogens with one attached hydrogen (secondary N) is 2. The third-order valence-electron chi connectivity index (χ3n) is 5.69. The zero-order chi connectivity index (χ0) is 20.5. The van der Waals surface area contributed by atoms with E-state index < -0.39 is 0 Å². The summed E-state index contributed by atoms with van der Waals surface area (Å²) in [6, 6.07) is 11.1. The average molecular weight is 543 g/mol. The van der Waals surface area contributed by atoms with Gasteiger partial charge in [-0.1, -0.05) is 19.1 Å². The highest BCUT2D eigenvalue weighted by atomic mass is 127. The van der Waals surface area contributed by atoms with Crippen LogP contribution in [0.5, 0.6) is 5.75 Å². The van der Waals surface area contributed by atoms with E-state index in [0.29, 0.717) is 12.0 Å². The molecule has 0 aliphatic carbocycles. The van der Waals surface area contributed by atoms with Gasteiger partial charge in [-0.25, -0.2) is 0 Å². The van der Waals surface area contributed by atoms with Crippen LogP contribution >= 0.6 is 35.3 Å². The first-order valence-corrected chi connectivity index (χ1v) is 11.5. The highest BCUT2D eigenvalue weighted by molar-refractivity contribution is 14.0. The molecule has 1 aromatic carbocycles. The monoisotopic (exact) mass is 542 g/mol. The molecule has 1 aliphatic heterocycles. The summed E-state index contributed by atoms with van der Waals surface area (Å²) in [5.41, 5.74) is 2.78. The van der Waals surface area contributed by atoms with Crippen molar-refractivity contribution in [3.05, 3.63) is 52.2 Å². The second-order valence-electron chi connectivity index (χ2n) is 7.79. The molecule has 1 unspecified atom stereocenters. The van der Waals surface area contributed by atoms with Crippen LogP contribution in [0.4, 0.5) is 0 Å². The fourth-order valence-electron chi connectivity index (χ4n) is 3.77. The molecule has 7 heteroatoms. The van der Waals surface area contributed by atoms with Gasteiger partial charge in [-0.15, -0.1) is 24.0 Å². The second kappa shape index (κ2) is 13.2. The number of hydrogen-bond acceptors (Lipinski definition) is 4. The Hall–Kier alpha value is -1.32. The van der Waals surface area contributed by atoms with E-state index in [0.717, 1.165) is 57.2 Å². The minimum atomic E-state index is 0. The SMILES string of the molecule is CN=C(NCCC(C)c1ccc(OC)cc1)NC1CCN(Cc2ccsc2)CC1.I. The predicted octanol–water partition coefficient (Wildman–Crippen LogP) is 4.70. The van der Waals surface area contributed by atoms with Crippen molar-refractivity contribution < 1.29 is 4.74 Å². The van der Waals surface area contributed by atoms with Gasteiger partial charge in [-0.05, 0) is 65.3 Å². The van der Waals surface area contributed by atoms with Crippen LogP contribution in [0.1, 0.15) is 43.2 Å². The van der Waals surface area contributed by atoms with E-state index in [1.54, 1.807) is 18.4 Å². The number of ether oxygens (including phenoxy) is 1. The van der Waals surface area contributed by atoms with Gasteiger partial charge in [-0.3, -0.25) is 9.89 Å². The van der Waals surface area contributed by atoms with E-state index >= 15 is 0 Å². The standard InChI is InChI=1S/C23H34N4OS.HI/c1-18(20-4-6-22(28-3)7-5-20)8-12-25-23(24-2)26-21-9-13-27(14-10-21)16-19-11-15-29-17-19;/h4-7,11,15,17-18,21H,8-10,12-14,16H2,1-3H3,(H2,24,25,26);1H. The minimum Gasteiger partial charge on any atom is -0.497 e. The van der Waals surface area contributed by atoms with Gasteiger partial charge >= 0.3 is 0 Å². The van der Waals surface area contributed by atoms with Gasteiger partial charge in [-0.2, -0.15) is 11.3 Å². The van der Waals surface area contributed by atoms with Crippen molar-refractivity contribution in [3.63, 3.8) is 0 Å². The predicted molar refractivity (Wildman–Crippen MR) is 139 cm³/mol. The van der Waals surface area contributed by atoms with Crippen LogP contribution in [0.2, 0.25) is 0 Å². The number of rotatable bonds is 8. The molecule has 3 rings (SSSR count). The number of guanidine groups is 1. The largest absolute Gasteiger partial charge is 0.497 e. The topological polar surface area (TPSA) is 48.9 Å². The maximum absolute atomic E-state index is 5.24. The van der Waals surface area contributed by atoms with Gasteiger partial charge in [0.05, 0.1) is 7.11 Å². The Morgan fingerprint density at radius 2 is 1.97 bits per heavy atom. The quantitative estimate of drug-likeness (QED) is 0.289. The first kappa shape index (κ1) is 24.9. The number of methoxy groups -OCH3 is 1. The van der Waals surface area contributed by atoms with Crippen molar-refractivity contribution in [2.75, 3.05) is 33.8 Å². The molecule has 1 aromatic heterocycles. The summed E-state index contributed by atoms with van der Waals surface area (Å²) in [5, 5.41) is 11.5. The molecule has 5 nitrogen and oxygen atoms in total. The lowest BCUT2D eigenvalue weighted by Gasteiger charge is -2.33. The summed E-state index contributed by atoms with van der Waals surface area (Å²) in [4.78, 5) is 6.97. The van der Waals surface area contributed by atoms with E-state index in [2.05, 4.69) is 56.4 Å². The Morgan fingerprint density at radius 3 is 2.57 bits per heavy atom. The van der Waals surface area contributed by atoms with E-state index in [9.17, 15) is 0 Å².